The van der Waals surface area contributed by atoms with Crippen LogP contribution in [0.3, 0.4) is 0 Å². The fourth-order valence-electron chi connectivity index (χ4n) is 19.9. The molecule has 21 aromatic rings. The number of hydrogen-bond acceptors (Lipinski definition) is 3. The number of benzene rings is 21. The van der Waals surface area contributed by atoms with Gasteiger partial charge in [-0.2, -0.15) is 0 Å². The molecule has 0 amide bonds. The highest BCUT2D eigenvalue weighted by atomic mass is 16.5. The Morgan fingerprint density at radius 2 is 0.574 bits per heavy atom. The Kier molecular flexibility index (Phi) is 17.6. The van der Waals surface area contributed by atoms with E-state index in [1.165, 1.54) is 164 Å². The first-order chi connectivity index (χ1) is 59.8. The molecule has 1 aliphatic heterocycles. The lowest BCUT2D eigenvalue weighted by Gasteiger charge is -2.40. The summed E-state index contributed by atoms with van der Waals surface area (Å²) in [5, 5.41) is 20.1. The standard InChI is InChI=1S/C85H66N2O.C34H22/c1-83(2,3)63-35-43-67(44-36-63)86(65-39-31-57(32-40-65)61-29-27-55-17-7-9-19-59(55)51-61)69-47-49-73-75(53-69)71-21-11-12-22-72(71)81-74-50-48-70(54-78(74)85(82(73)81)76-23-13-15-25-79(76)88-80-26-16-14-24-77(80)85)87(68-45-37-64(38-46-68)84(4,5)6)66-41-33-58(34-42-66)62-30-28-56-18-8-10-20-60(56)52-62;1-2-12-23(13-3-1)33-28-18-8-10-20-30(28)34(31-21-11-9-19-29(31)33)32-22-24-14-4-5-15-25(24)26-16-6-7-17-27(26)32/h7-54H,1-6H3;1-22H. The van der Waals surface area contributed by atoms with Gasteiger partial charge in [0.25, 0.3) is 0 Å². The van der Waals surface area contributed by atoms with Crippen LogP contribution in [0.2, 0.25) is 0 Å². The van der Waals surface area contributed by atoms with Gasteiger partial charge in [0.1, 0.15) is 11.5 Å². The molecule has 0 saturated carbocycles. The van der Waals surface area contributed by atoms with E-state index in [2.05, 4.69) is 476 Å². The Morgan fingerprint density at radius 3 is 1.07 bits per heavy atom. The second-order valence-corrected chi connectivity index (χ2v) is 35.0. The maximum atomic E-state index is 7.04. The quantitative estimate of drug-likeness (QED) is 0.100. The summed E-state index contributed by atoms with van der Waals surface area (Å²) in [7, 11) is 0. The molecule has 0 unspecified atom stereocenters. The minimum atomic E-state index is -0.793. The number of nitrogens with zero attached hydrogens (tertiary/aromatic N) is 2. The summed E-state index contributed by atoms with van der Waals surface area (Å²) < 4.78 is 7.04. The van der Waals surface area contributed by atoms with Crippen molar-refractivity contribution in [2.75, 3.05) is 9.80 Å². The van der Waals surface area contributed by atoms with Crippen molar-refractivity contribution in [2.24, 2.45) is 0 Å². The predicted octanol–water partition coefficient (Wildman–Crippen LogP) is 33.3. The molecule has 1 heterocycles. The molecule has 3 nitrogen and oxygen atoms in total. The van der Waals surface area contributed by atoms with Gasteiger partial charge in [-0.3, -0.25) is 0 Å². The highest BCUT2D eigenvalue weighted by molar-refractivity contribution is 6.26. The molecular formula is C119H88N2O. The van der Waals surface area contributed by atoms with Gasteiger partial charge in [-0.15, -0.1) is 0 Å². The summed E-state index contributed by atoms with van der Waals surface area (Å²) in [6.45, 7) is 13.7. The van der Waals surface area contributed by atoms with Crippen LogP contribution in [-0.2, 0) is 16.2 Å². The molecule has 1 aliphatic carbocycles. The lowest BCUT2D eigenvalue weighted by Crippen LogP contribution is -2.32. The van der Waals surface area contributed by atoms with Crippen LogP contribution in [-0.4, -0.2) is 0 Å². The van der Waals surface area contributed by atoms with E-state index in [-0.39, 0.29) is 10.8 Å². The Labute approximate surface area is 712 Å². The molecule has 0 bridgehead atoms. The topological polar surface area (TPSA) is 15.7 Å². The number of ether oxygens (including phenoxy) is 1. The van der Waals surface area contributed by atoms with Gasteiger partial charge in [-0.25, -0.2) is 0 Å². The van der Waals surface area contributed by atoms with Crippen molar-refractivity contribution in [3.05, 3.63) is 458 Å². The van der Waals surface area contributed by atoms with Crippen molar-refractivity contribution < 1.29 is 4.74 Å². The van der Waals surface area contributed by atoms with Crippen LogP contribution < -0.4 is 14.5 Å². The fourth-order valence-corrected chi connectivity index (χ4v) is 19.9. The molecule has 1 spiro atoms. The van der Waals surface area contributed by atoms with E-state index >= 15 is 0 Å². The Bertz CT molecular complexity index is 7620. The zero-order valence-corrected chi connectivity index (χ0v) is 69.2. The van der Waals surface area contributed by atoms with Gasteiger partial charge in [-0.1, -0.05) is 363 Å². The molecule has 3 heteroatoms. The molecule has 23 rings (SSSR count). The lowest BCUT2D eigenvalue weighted by atomic mass is 9.65. The molecule has 0 atom stereocenters. The molecule has 2 aliphatic rings. The summed E-state index contributed by atoms with van der Waals surface area (Å²) in [6, 6.07) is 157. The van der Waals surface area contributed by atoms with Crippen LogP contribution in [0.4, 0.5) is 34.1 Å². The van der Waals surface area contributed by atoms with E-state index in [0.29, 0.717) is 0 Å². The number of anilines is 6. The van der Waals surface area contributed by atoms with Crippen molar-refractivity contribution in [3.8, 4) is 67.1 Å². The summed E-state index contributed by atoms with van der Waals surface area (Å²) in [5.74, 6) is 1.72. The third-order valence-electron chi connectivity index (χ3n) is 25.8. The Balaban J connectivity index is 0.000000217. The zero-order chi connectivity index (χ0) is 82.0. The highest BCUT2D eigenvalue weighted by Crippen LogP contribution is 2.66. The van der Waals surface area contributed by atoms with Crippen LogP contribution >= 0.6 is 0 Å². The minimum Gasteiger partial charge on any atom is -0.457 e. The van der Waals surface area contributed by atoms with Gasteiger partial charge in [-0.05, 0) is 278 Å². The van der Waals surface area contributed by atoms with Gasteiger partial charge in [0.15, 0.2) is 0 Å². The van der Waals surface area contributed by atoms with Gasteiger partial charge in [0, 0.05) is 45.3 Å². The minimum absolute atomic E-state index is 0.00327. The number of rotatable bonds is 10. The summed E-state index contributed by atoms with van der Waals surface area (Å²) >= 11 is 0. The second kappa shape index (κ2) is 29.3. The van der Waals surface area contributed by atoms with Crippen molar-refractivity contribution in [1.29, 1.82) is 0 Å². The smallest absolute Gasteiger partial charge is 0.132 e. The zero-order valence-electron chi connectivity index (χ0n) is 69.2. The van der Waals surface area contributed by atoms with Crippen molar-refractivity contribution >= 4 is 120 Å². The monoisotopic (exact) mass is 1560 g/mol. The van der Waals surface area contributed by atoms with Crippen LogP contribution in [0.15, 0.2) is 425 Å². The van der Waals surface area contributed by atoms with Crippen LogP contribution in [0, 0.1) is 0 Å². The van der Waals surface area contributed by atoms with E-state index in [1.54, 1.807) is 0 Å². The number of para-hydroxylation sites is 2. The van der Waals surface area contributed by atoms with Gasteiger partial charge in [0.2, 0.25) is 0 Å². The second-order valence-electron chi connectivity index (χ2n) is 35.0. The van der Waals surface area contributed by atoms with Crippen molar-refractivity contribution in [2.45, 2.75) is 57.8 Å². The SMILES string of the molecule is CC(C)(C)c1ccc(N(c2ccc(-c3ccc4ccccc4c3)cc2)c2ccc3c(c2)C2(c4ccccc4Oc4ccccc42)c2c-3c3ccccc3c3cc(N(c4ccc(-c5ccc6ccccc6c5)cc4)c4ccc(C(C)(C)C)cc4)ccc23)cc1.c1ccc(-c2c3ccccc3c(-c3cc4ccccc4c4ccccc34)c3ccccc23)cc1. The van der Waals surface area contributed by atoms with Crippen molar-refractivity contribution in [3.63, 3.8) is 0 Å². The summed E-state index contributed by atoms with van der Waals surface area (Å²) in [6.07, 6.45) is 0. The van der Waals surface area contributed by atoms with Crippen LogP contribution in [0.25, 0.3) is 142 Å². The van der Waals surface area contributed by atoms with E-state index in [0.717, 1.165) is 56.8 Å². The highest BCUT2D eigenvalue weighted by Gasteiger charge is 2.53. The predicted molar refractivity (Wildman–Crippen MR) is 519 cm³/mol. The molecule has 580 valence electrons. The first-order valence-electron chi connectivity index (χ1n) is 42.7. The van der Waals surface area contributed by atoms with E-state index in [4.69, 9.17) is 4.74 Å². The third kappa shape index (κ3) is 12.3. The van der Waals surface area contributed by atoms with E-state index < -0.39 is 5.41 Å². The van der Waals surface area contributed by atoms with Gasteiger partial charge in [0.05, 0.1) is 5.41 Å². The molecular weight excluding hydrogens is 1470 g/mol. The maximum absolute atomic E-state index is 7.04. The largest absolute Gasteiger partial charge is 0.457 e. The van der Waals surface area contributed by atoms with Gasteiger partial charge >= 0.3 is 0 Å². The fraction of sp³-hybridized carbons (Fsp3) is 0.0756. The average Bonchev–Trinajstić information content (AvgIpc) is 1.50. The third-order valence-corrected chi connectivity index (χ3v) is 25.8. The van der Waals surface area contributed by atoms with E-state index in [1.807, 2.05) is 0 Å². The number of hydrogen-bond donors (Lipinski definition) is 0. The molecule has 0 fully saturated rings. The molecule has 0 N–H and O–H groups in total. The molecule has 122 heavy (non-hydrogen) atoms. The first kappa shape index (κ1) is 73.5. The van der Waals surface area contributed by atoms with E-state index in [9.17, 15) is 0 Å². The van der Waals surface area contributed by atoms with Crippen molar-refractivity contribution in [1.82, 2.24) is 0 Å². The maximum Gasteiger partial charge on any atom is 0.132 e. The first-order valence-corrected chi connectivity index (χ1v) is 42.7. The summed E-state index contributed by atoms with van der Waals surface area (Å²) in [5.41, 5.74) is 25.4. The normalized spacial score (nSPS) is 12.6. The van der Waals surface area contributed by atoms with Crippen LogP contribution in [0.5, 0.6) is 11.5 Å². The van der Waals surface area contributed by atoms with Crippen LogP contribution in [0.1, 0.15) is 74.9 Å². The number of fused-ring (bicyclic) bond motifs is 21. The lowest BCUT2D eigenvalue weighted by molar-refractivity contribution is 0.437. The molecule has 0 aromatic heterocycles. The molecule has 0 saturated heterocycles. The summed E-state index contributed by atoms with van der Waals surface area (Å²) in [4.78, 5) is 4.88. The Hall–Kier alpha value is -14.9. The molecule has 21 aromatic carbocycles. The van der Waals surface area contributed by atoms with Gasteiger partial charge < -0.3 is 14.5 Å². The molecule has 0 radical (unpaired) electrons. The Morgan fingerprint density at radius 1 is 0.205 bits per heavy atom. The average molecular weight is 1560 g/mol.